The topological polar surface area (TPSA) is 40.1 Å². The zero-order valence-corrected chi connectivity index (χ0v) is 16.0. The van der Waals surface area contributed by atoms with Gasteiger partial charge in [-0.05, 0) is 44.7 Å². The molecule has 1 aliphatic carbocycles. The van der Waals surface area contributed by atoms with Crippen LogP contribution in [-0.4, -0.2) is 76.3 Å². The Bertz CT molecular complexity index is 323. The summed E-state index contributed by atoms with van der Waals surface area (Å²) < 4.78 is 5.68. The molecule has 0 spiro atoms. The van der Waals surface area contributed by atoms with E-state index in [4.69, 9.17) is 4.74 Å². The van der Waals surface area contributed by atoms with Crippen molar-refractivity contribution in [1.82, 2.24) is 15.1 Å². The first-order valence-electron chi connectivity index (χ1n) is 7.87. The minimum absolute atomic E-state index is 0. The highest BCUT2D eigenvalue weighted by Gasteiger charge is 2.21. The van der Waals surface area contributed by atoms with Gasteiger partial charge in [0.05, 0.1) is 6.61 Å². The molecule has 1 saturated heterocycles. The van der Waals surface area contributed by atoms with Crippen LogP contribution in [0.25, 0.3) is 0 Å². The number of hydrogen-bond acceptors (Lipinski definition) is 3. The fourth-order valence-corrected chi connectivity index (χ4v) is 2.66. The minimum Gasteiger partial charge on any atom is -0.379 e. The van der Waals surface area contributed by atoms with E-state index in [-0.39, 0.29) is 24.0 Å². The van der Waals surface area contributed by atoms with Gasteiger partial charge >= 0.3 is 0 Å². The van der Waals surface area contributed by atoms with Crippen LogP contribution in [0.5, 0.6) is 0 Å². The minimum atomic E-state index is 0. The maximum absolute atomic E-state index is 5.68. The molecule has 1 N–H and O–H groups in total. The highest BCUT2D eigenvalue weighted by atomic mass is 127. The standard InChI is InChI=1S/C15H30N4O.HI/c1-16-15(17-10-14-6-7-18(2)11-14)19(3)8-9-20-12-13-4-5-13;/h13-14H,4-12H2,1-3H3,(H,16,17);1H. The van der Waals surface area contributed by atoms with E-state index in [0.29, 0.717) is 0 Å². The van der Waals surface area contributed by atoms with E-state index in [2.05, 4.69) is 34.2 Å². The highest BCUT2D eigenvalue weighted by Crippen LogP contribution is 2.28. The van der Waals surface area contributed by atoms with Crippen LogP contribution in [0.3, 0.4) is 0 Å². The first kappa shape index (κ1) is 19.0. The lowest BCUT2D eigenvalue weighted by Crippen LogP contribution is -2.42. The molecule has 2 fully saturated rings. The molecule has 2 rings (SSSR count). The molecule has 1 unspecified atom stereocenters. The van der Waals surface area contributed by atoms with Crippen LogP contribution in [0.1, 0.15) is 19.3 Å². The van der Waals surface area contributed by atoms with E-state index < -0.39 is 0 Å². The van der Waals surface area contributed by atoms with Crippen molar-refractivity contribution in [3.05, 3.63) is 0 Å². The molecule has 1 saturated carbocycles. The molecule has 1 aliphatic heterocycles. The Morgan fingerprint density at radius 3 is 2.67 bits per heavy atom. The molecule has 2 aliphatic rings. The lowest BCUT2D eigenvalue weighted by atomic mass is 10.1. The zero-order chi connectivity index (χ0) is 14.4. The Morgan fingerprint density at radius 2 is 2.10 bits per heavy atom. The molecule has 0 amide bonds. The van der Waals surface area contributed by atoms with Crippen LogP contribution < -0.4 is 5.32 Å². The summed E-state index contributed by atoms with van der Waals surface area (Å²) in [5, 5.41) is 3.49. The van der Waals surface area contributed by atoms with Gasteiger partial charge in [-0.15, -0.1) is 24.0 Å². The van der Waals surface area contributed by atoms with Crippen molar-refractivity contribution in [3.8, 4) is 0 Å². The first-order chi connectivity index (χ1) is 9.69. The van der Waals surface area contributed by atoms with Crippen molar-refractivity contribution in [1.29, 1.82) is 0 Å². The third-order valence-corrected chi connectivity index (χ3v) is 4.23. The fourth-order valence-electron chi connectivity index (χ4n) is 2.66. The van der Waals surface area contributed by atoms with Gasteiger partial charge in [-0.3, -0.25) is 4.99 Å². The van der Waals surface area contributed by atoms with Crippen molar-refractivity contribution >= 4 is 29.9 Å². The average molecular weight is 410 g/mol. The number of halogens is 1. The van der Waals surface area contributed by atoms with Gasteiger partial charge in [0.2, 0.25) is 0 Å². The average Bonchev–Trinajstić information content (AvgIpc) is 3.17. The zero-order valence-electron chi connectivity index (χ0n) is 13.7. The second-order valence-corrected chi connectivity index (χ2v) is 6.28. The maximum Gasteiger partial charge on any atom is 0.193 e. The molecular formula is C15H31IN4O. The fraction of sp³-hybridized carbons (Fsp3) is 0.933. The van der Waals surface area contributed by atoms with Crippen LogP contribution in [0.4, 0.5) is 0 Å². The number of nitrogens with zero attached hydrogens (tertiary/aromatic N) is 3. The van der Waals surface area contributed by atoms with E-state index in [1.165, 1.54) is 32.4 Å². The monoisotopic (exact) mass is 410 g/mol. The van der Waals surface area contributed by atoms with Crippen LogP contribution in [0, 0.1) is 11.8 Å². The number of nitrogens with one attached hydrogen (secondary N) is 1. The molecule has 0 bridgehead atoms. The maximum atomic E-state index is 5.68. The van der Waals surface area contributed by atoms with E-state index in [1.54, 1.807) is 0 Å². The summed E-state index contributed by atoms with van der Waals surface area (Å²) in [6.45, 7) is 6.06. The molecule has 0 aromatic heterocycles. The number of likely N-dealkylation sites (N-methyl/N-ethyl adjacent to an activating group) is 1. The Kier molecular flexibility index (Phi) is 8.89. The Morgan fingerprint density at radius 1 is 1.33 bits per heavy atom. The van der Waals surface area contributed by atoms with Gasteiger partial charge in [0.15, 0.2) is 5.96 Å². The summed E-state index contributed by atoms with van der Waals surface area (Å²) in [7, 11) is 6.12. The molecule has 0 radical (unpaired) electrons. The van der Waals surface area contributed by atoms with Gasteiger partial charge in [0.1, 0.15) is 0 Å². The first-order valence-corrected chi connectivity index (χ1v) is 7.87. The van der Waals surface area contributed by atoms with E-state index >= 15 is 0 Å². The van der Waals surface area contributed by atoms with Gasteiger partial charge < -0.3 is 19.9 Å². The molecule has 5 nitrogen and oxygen atoms in total. The summed E-state index contributed by atoms with van der Waals surface area (Å²) in [4.78, 5) is 8.91. The Hall–Kier alpha value is -0.0800. The summed E-state index contributed by atoms with van der Waals surface area (Å²) in [6, 6.07) is 0. The molecule has 1 atom stereocenters. The number of hydrogen-bond donors (Lipinski definition) is 1. The SMILES string of the molecule is CN=C(NCC1CCN(C)C1)N(C)CCOCC1CC1.I. The third kappa shape index (κ3) is 7.15. The van der Waals surface area contributed by atoms with Crippen molar-refractivity contribution in [2.24, 2.45) is 16.8 Å². The second kappa shape index (κ2) is 9.84. The predicted octanol–water partition coefficient (Wildman–Crippen LogP) is 1.49. The number of rotatable bonds is 7. The molecule has 0 aromatic carbocycles. The quantitative estimate of drug-likeness (QED) is 0.299. The predicted molar refractivity (Wildman–Crippen MR) is 98.6 cm³/mol. The highest BCUT2D eigenvalue weighted by molar-refractivity contribution is 14.0. The van der Waals surface area contributed by atoms with E-state index in [0.717, 1.165) is 44.1 Å². The van der Waals surface area contributed by atoms with Crippen molar-refractivity contribution in [2.45, 2.75) is 19.3 Å². The number of likely N-dealkylation sites (tertiary alicyclic amines) is 1. The summed E-state index contributed by atoms with van der Waals surface area (Å²) in [6.07, 6.45) is 4.00. The van der Waals surface area contributed by atoms with Gasteiger partial charge in [-0.25, -0.2) is 0 Å². The van der Waals surface area contributed by atoms with Crippen molar-refractivity contribution in [2.75, 3.05) is 60.5 Å². The molecule has 21 heavy (non-hydrogen) atoms. The van der Waals surface area contributed by atoms with Crippen LogP contribution in [0.15, 0.2) is 4.99 Å². The van der Waals surface area contributed by atoms with Crippen LogP contribution >= 0.6 is 24.0 Å². The van der Waals surface area contributed by atoms with E-state index in [9.17, 15) is 0 Å². The van der Waals surface area contributed by atoms with E-state index in [1.807, 2.05) is 7.05 Å². The lowest BCUT2D eigenvalue weighted by molar-refractivity contribution is 0.115. The second-order valence-electron chi connectivity index (χ2n) is 6.28. The Balaban J connectivity index is 0.00000220. The summed E-state index contributed by atoms with van der Waals surface area (Å²) >= 11 is 0. The summed E-state index contributed by atoms with van der Waals surface area (Å²) in [5.41, 5.74) is 0. The van der Waals surface area contributed by atoms with Gasteiger partial charge in [0.25, 0.3) is 0 Å². The van der Waals surface area contributed by atoms with Crippen molar-refractivity contribution in [3.63, 3.8) is 0 Å². The van der Waals surface area contributed by atoms with Crippen LogP contribution in [0.2, 0.25) is 0 Å². The third-order valence-electron chi connectivity index (χ3n) is 4.23. The number of ether oxygens (including phenoxy) is 1. The van der Waals surface area contributed by atoms with Gasteiger partial charge in [-0.2, -0.15) is 0 Å². The molecule has 1 heterocycles. The molecular weight excluding hydrogens is 379 g/mol. The normalized spacial score (nSPS) is 23.0. The molecule has 6 heteroatoms. The summed E-state index contributed by atoms with van der Waals surface area (Å²) in [5.74, 6) is 2.57. The lowest BCUT2D eigenvalue weighted by Gasteiger charge is -2.23. The number of guanidine groups is 1. The largest absolute Gasteiger partial charge is 0.379 e. The smallest absolute Gasteiger partial charge is 0.193 e. The Labute approximate surface area is 146 Å². The van der Waals surface area contributed by atoms with Crippen LogP contribution in [-0.2, 0) is 4.74 Å². The molecule has 0 aromatic rings. The van der Waals surface area contributed by atoms with Gasteiger partial charge in [0, 0.05) is 40.3 Å². The van der Waals surface area contributed by atoms with Gasteiger partial charge in [-0.1, -0.05) is 0 Å². The number of aliphatic imine (C=N–C) groups is 1. The van der Waals surface area contributed by atoms with Crippen molar-refractivity contribution < 1.29 is 4.74 Å². The molecule has 124 valence electrons.